The average molecular weight is 493 g/mol. The second-order valence-electron chi connectivity index (χ2n) is 8.70. The van der Waals surface area contributed by atoms with Crippen LogP contribution < -0.4 is 9.46 Å². The minimum absolute atomic E-state index is 0.0875. The molecule has 0 spiro atoms. The number of hydrogen-bond donors (Lipinski definition) is 3. The van der Waals surface area contributed by atoms with Gasteiger partial charge in [-0.2, -0.15) is 0 Å². The van der Waals surface area contributed by atoms with Gasteiger partial charge >= 0.3 is 0 Å². The van der Waals surface area contributed by atoms with Crippen LogP contribution in [0.15, 0.2) is 42.5 Å². The molecule has 6 nitrogen and oxygen atoms in total. The summed E-state index contributed by atoms with van der Waals surface area (Å²) in [6.07, 6.45) is 3.21. The number of halogens is 1. The van der Waals surface area contributed by atoms with Crippen molar-refractivity contribution in [2.45, 2.75) is 50.4 Å². The predicted molar refractivity (Wildman–Crippen MR) is 133 cm³/mol. The van der Waals surface area contributed by atoms with Gasteiger partial charge in [-0.25, -0.2) is 9.03 Å². The van der Waals surface area contributed by atoms with Gasteiger partial charge in [0.1, 0.15) is 12.4 Å². The molecule has 2 aliphatic heterocycles. The summed E-state index contributed by atoms with van der Waals surface area (Å²) in [5, 5.41) is 20.3. The van der Waals surface area contributed by atoms with Crippen molar-refractivity contribution in [1.29, 1.82) is 0 Å². The molecule has 0 aromatic heterocycles. The summed E-state index contributed by atoms with van der Waals surface area (Å²) in [6.45, 7) is 3.64. The van der Waals surface area contributed by atoms with E-state index in [1.165, 1.54) is 12.8 Å². The Labute approximate surface area is 205 Å². The standard InChI is InChI=1S/C25H33ClN2O4S/c26-24-8-5-19(25-16-21(30)15-23(17-29)32-25)14-20(24)13-18-3-6-22(7-4-18)31-12-9-27-33-28-10-1-2-11-28/h3-8,14,21,23,25,27,29-30H,1-2,9-13,15-17H2. The first-order valence-corrected chi connectivity index (χ1v) is 12.8. The fourth-order valence-electron chi connectivity index (χ4n) is 4.30. The van der Waals surface area contributed by atoms with E-state index >= 15 is 0 Å². The molecular weight excluding hydrogens is 460 g/mol. The molecular formula is C25H33ClN2O4S. The van der Waals surface area contributed by atoms with Crippen LogP contribution in [0, 0.1) is 0 Å². The molecule has 3 unspecified atom stereocenters. The van der Waals surface area contributed by atoms with Gasteiger partial charge in [-0.1, -0.05) is 35.9 Å². The number of ether oxygens (including phenoxy) is 2. The Kier molecular flexibility index (Phi) is 9.32. The van der Waals surface area contributed by atoms with E-state index in [0.717, 1.165) is 42.1 Å². The van der Waals surface area contributed by atoms with E-state index in [4.69, 9.17) is 21.1 Å². The maximum Gasteiger partial charge on any atom is 0.119 e. The van der Waals surface area contributed by atoms with Gasteiger partial charge in [-0.05, 0) is 54.2 Å². The average Bonchev–Trinajstić information content (AvgIpc) is 3.34. The van der Waals surface area contributed by atoms with Gasteiger partial charge in [-0.3, -0.25) is 0 Å². The Balaban J connectivity index is 1.28. The van der Waals surface area contributed by atoms with Gasteiger partial charge in [0.05, 0.1) is 24.9 Å². The first kappa shape index (κ1) is 24.8. The van der Waals surface area contributed by atoms with Crippen molar-refractivity contribution in [1.82, 2.24) is 9.03 Å². The number of nitrogens with one attached hydrogen (secondary N) is 1. The number of aliphatic hydroxyl groups is 2. The molecule has 33 heavy (non-hydrogen) atoms. The number of hydrogen-bond acceptors (Lipinski definition) is 7. The zero-order valence-electron chi connectivity index (χ0n) is 18.8. The quantitative estimate of drug-likeness (QED) is 0.340. The third kappa shape index (κ3) is 7.33. The molecule has 3 atom stereocenters. The molecule has 4 rings (SSSR count). The highest BCUT2D eigenvalue weighted by molar-refractivity contribution is 7.95. The molecule has 2 aliphatic rings. The summed E-state index contributed by atoms with van der Waals surface area (Å²) < 4.78 is 17.5. The van der Waals surface area contributed by atoms with E-state index in [2.05, 4.69) is 21.2 Å². The van der Waals surface area contributed by atoms with E-state index in [9.17, 15) is 10.2 Å². The van der Waals surface area contributed by atoms with Crippen molar-refractivity contribution in [2.24, 2.45) is 0 Å². The van der Waals surface area contributed by atoms with Gasteiger partial charge in [-0.15, -0.1) is 0 Å². The lowest BCUT2D eigenvalue weighted by molar-refractivity contribution is -0.113. The van der Waals surface area contributed by atoms with Gasteiger partial charge in [0.15, 0.2) is 0 Å². The number of nitrogens with zero attached hydrogens (tertiary/aromatic N) is 1. The van der Waals surface area contributed by atoms with Crippen molar-refractivity contribution in [3.8, 4) is 5.75 Å². The molecule has 2 aromatic rings. The highest BCUT2D eigenvalue weighted by atomic mass is 35.5. The third-order valence-electron chi connectivity index (χ3n) is 6.07. The number of benzene rings is 2. The summed E-state index contributed by atoms with van der Waals surface area (Å²) in [4.78, 5) is 0. The maximum atomic E-state index is 10.1. The van der Waals surface area contributed by atoms with E-state index in [-0.39, 0.29) is 18.8 Å². The Hall–Kier alpha value is -1.32. The van der Waals surface area contributed by atoms with Gasteiger partial charge in [0.2, 0.25) is 0 Å². The van der Waals surface area contributed by atoms with E-state index in [1.54, 1.807) is 12.1 Å². The molecule has 8 heteroatoms. The highest BCUT2D eigenvalue weighted by Crippen LogP contribution is 2.33. The lowest BCUT2D eigenvalue weighted by Crippen LogP contribution is -2.33. The molecule has 0 saturated carbocycles. The van der Waals surface area contributed by atoms with Crippen LogP contribution in [0.3, 0.4) is 0 Å². The van der Waals surface area contributed by atoms with Crippen LogP contribution in [0.1, 0.15) is 48.5 Å². The molecule has 0 aliphatic carbocycles. The Morgan fingerprint density at radius 1 is 1.12 bits per heavy atom. The van der Waals surface area contributed by atoms with E-state index < -0.39 is 6.10 Å². The molecule has 0 radical (unpaired) electrons. The minimum Gasteiger partial charge on any atom is -0.492 e. The molecule has 2 aromatic carbocycles. The monoisotopic (exact) mass is 492 g/mol. The van der Waals surface area contributed by atoms with Crippen molar-refractivity contribution in [2.75, 3.05) is 32.8 Å². The first-order chi connectivity index (χ1) is 16.1. The summed E-state index contributed by atoms with van der Waals surface area (Å²) in [5.41, 5.74) is 3.13. The largest absolute Gasteiger partial charge is 0.492 e. The van der Waals surface area contributed by atoms with Crippen LogP contribution in [-0.2, 0) is 11.2 Å². The van der Waals surface area contributed by atoms with Crippen LogP contribution in [-0.4, -0.2) is 59.6 Å². The molecule has 3 N–H and O–H groups in total. The Morgan fingerprint density at radius 3 is 2.67 bits per heavy atom. The summed E-state index contributed by atoms with van der Waals surface area (Å²) in [5.74, 6) is 0.853. The smallest absolute Gasteiger partial charge is 0.119 e. The van der Waals surface area contributed by atoms with Gasteiger partial charge < -0.3 is 19.7 Å². The van der Waals surface area contributed by atoms with Crippen molar-refractivity contribution in [3.63, 3.8) is 0 Å². The highest BCUT2D eigenvalue weighted by Gasteiger charge is 2.29. The van der Waals surface area contributed by atoms with Crippen molar-refractivity contribution < 1.29 is 19.7 Å². The molecule has 2 saturated heterocycles. The summed E-state index contributed by atoms with van der Waals surface area (Å²) in [6, 6.07) is 14.0. The SMILES string of the molecule is OCC1CC(O)CC(c2ccc(Cl)c(Cc3ccc(OCCNSN4CCCC4)cc3)c2)O1. The maximum absolute atomic E-state index is 10.1. The lowest BCUT2D eigenvalue weighted by atomic mass is 9.94. The van der Waals surface area contributed by atoms with E-state index in [0.29, 0.717) is 30.9 Å². The zero-order valence-corrected chi connectivity index (χ0v) is 20.4. The molecule has 0 amide bonds. The molecule has 2 heterocycles. The molecule has 2 fully saturated rings. The normalized spacial score (nSPS) is 23.7. The fraction of sp³-hybridized carbons (Fsp3) is 0.520. The second kappa shape index (κ2) is 12.4. The number of rotatable bonds is 10. The van der Waals surface area contributed by atoms with Gasteiger partial charge in [0, 0.05) is 49.6 Å². The number of aliphatic hydroxyl groups excluding tert-OH is 2. The van der Waals surface area contributed by atoms with E-state index in [1.807, 2.05) is 30.3 Å². The van der Waals surface area contributed by atoms with Crippen molar-refractivity contribution >= 4 is 23.7 Å². The molecule has 0 bridgehead atoms. The van der Waals surface area contributed by atoms with Crippen LogP contribution in [0.5, 0.6) is 5.75 Å². The van der Waals surface area contributed by atoms with Crippen LogP contribution in [0.2, 0.25) is 5.02 Å². The summed E-state index contributed by atoms with van der Waals surface area (Å²) in [7, 11) is 0. The fourth-order valence-corrected chi connectivity index (χ4v) is 5.29. The third-order valence-corrected chi connectivity index (χ3v) is 7.40. The Bertz CT molecular complexity index is 879. The second-order valence-corrected chi connectivity index (χ2v) is 10.1. The summed E-state index contributed by atoms with van der Waals surface area (Å²) >= 11 is 8.17. The molecule has 180 valence electrons. The van der Waals surface area contributed by atoms with Crippen LogP contribution >= 0.6 is 23.7 Å². The topological polar surface area (TPSA) is 74.2 Å². The zero-order chi connectivity index (χ0) is 23.0. The first-order valence-electron chi connectivity index (χ1n) is 11.7. The van der Waals surface area contributed by atoms with Gasteiger partial charge in [0.25, 0.3) is 0 Å². The predicted octanol–water partition coefficient (Wildman–Crippen LogP) is 4.13. The van der Waals surface area contributed by atoms with Crippen molar-refractivity contribution in [3.05, 3.63) is 64.2 Å². The Morgan fingerprint density at radius 2 is 1.91 bits per heavy atom. The lowest BCUT2D eigenvalue weighted by Gasteiger charge is -2.32. The minimum atomic E-state index is -0.471. The van der Waals surface area contributed by atoms with Crippen LogP contribution in [0.4, 0.5) is 0 Å². The van der Waals surface area contributed by atoms with Crippen LogP contribution in [0.25, 0.3) is 0 Å².